The fourth-order valence-electron chi connectivity index (χ4n) is 2.28. The molecule has 1 saturated heterocycles. The van der Waals surface area contributed by atoms with Gasteiger partial charge in [-0.1, -0.05) is 12.1 Å². The SMILES string of the molecule is O=C(O)[C@@H]1C[C@@H](O)CN1C(=O)CCOc1ccccc1F. The number of hydrogen-bond acceptors (Lipinski definition) is 4. The molecule has 0 bridgehead atoms. The molecule has 0 radical (unpaired) electrons. The van der Waals surface area contributed by atoms with E-state index < -0.39 is 29.8 Å². The number of benzene rings is 1. The predicted octanol–water partition coefficient (Wildman–Crippen LogP) is 0.641. The van der Waals surface area contributed by atoms with Crippen LogP contribution in [0.1, 0.15) is 12.8 Å². The molecule has 1 fully saturated rings. The van der Waals surface area contributed by atoms with E-state index in [0.29, 0.717) is 0 Å². The minimum Gasteiger partial charge on any atom is -0.490 e. The molecule has 2 rings (SSSR count). The quantitative estimate of drug-likeness (QED) is 0.833. The molecule has 0 spiro atoms. The molecule has 0 unspecified atom stereocenters. The lowest BCUT2D eigenvalue weighted by molar-refractivity contribution is -0.148. The summed E-state index contributed by atoms with van der Waals surface area (Å²) in [4.78, 5) is 24.1. The van der Waals surface area contributed by atoms with Crippen molar-refractivity contribution in [2.24, 2.45) is 0 Å². The second-order valence-corrected chi connectivity index (χ2v) is 4.82. The van der Waals surface area contributed by atoms with Gasteiger partial charge in [-0.3, -0.25) is 4.79 Å². The second-order valence-electron chi connectivity index (χ2n) is 4.82. The number of β-amino-alcohol motifs (C(OH)–C–C–N with tert-alkyl or cyclic N) is 1. The van der Waals surface area contributed by atoms with Gasteiger partial charge in [0.1, 0.15) is 6.04 Å². The van der Waals surface area contributed by atoms with E-state index in [9.17, 15) is 19.1 Å². The van der Waals surface area contributed by atoms with E-state index in [2.05, 4.69) is 0 Å². The van der Waals surface area contributed by atoms with Crippen molar-refractivity contribution in [2.45, 2.75) is 25.0 Å². The van der Waals surface area contributed by atoms with Crippen molar-refractivity contribution in [3.8, 4) is 5.75 Å². The number of aliphatic hydroxyl groups excluding tert-OH is 1. The van der Waals surface area contributed by atoms with Crippen LogP contribution >= 0.6 is 0 Å². The first-order valence-electron chi connectivity index (χ1n) is 6.56. The predicted molar refractivity (Wildman–Crippen MR) is 70.3 cm³/mol. The van der Waals surface area contributed by atoms with Crippen LogP contribution in [0.2, 0.25) is 0 Å². The van der Waals surface area contributed by atoms with E-state index in [-0.39, 0.29) is 31.7 Å². The van der Waals surface area contributed by atoms with Crippen LogP contribution in [0.25, 0.3) is 0 Å². The summed E-state index contributed by atoms with van der Waals surface area (Å²) >= 11 is 0. The third-order valence-corrected chi connectivity index (χ3v) is 3.29. The fraction of sp³-hybridized carbons (Fsp3) is 0.429. The molecule has 0 aromatic heterocycles. The van der Waals surface area contributed by atoms with Gasteiger partial charge >= 0.3 is 5.97 Å². The van der Waals surface area contributed by atoms with Crippen LogP contribution in [-0.4, -0.2) is 52.3 Å². The number of carbonyl (C=O) groups excluding carboxylic acids is 1. The highest BCUT2D eigenvalue weighted by Crippen LogP contribution is 2.20. The van der Waals surface area contributed by atoms with Crippen molar-refractivity contribution in [2.75, 3.05) is 13.2 Å². The average molecular weight is 297 g/mol. The maximum absolute atomic E-state index is 13.3. The Balaban J connectivity index is 1.87. The summed E-state index contributed by atoms with van der Waals surface area (Å²) in [6.07, 6.45) is -0.886. The molecule has 7 heteroatoms. The van der Waals surface area contributed by atoms with Gasteiger partial charge in [-0.2, -0.15) is 0 Å². The molecule has 21 heavy (non-hydrogen) atoms. The topological polar surface area (TPSA) is 87.1 Å². The highest BCUT2D eigenvalue weighted by molar-refractivity contribution is 5.84. The molecule has 6 nitrogen and oxygen atoms in total. The number of carbonyl (C=O) groups is 2. The number of aliphatic carboxylic acids is 1. The number of likely N-dealkylation sites (tertiary alicyclic amines) is 1. The van der Waals surface area contributed by atoms with Crippen molar-refractivity contribution in [3.05, 3.63) is 30.1 Å². The molecule has 114 valence electrons. The summed E-state index contributed by atoms with van der Waals surface area (Å²) in [7, 11) is 0. The molecule has 0 saturated carbocycles. The van der Waals surface area contributed by atoms with Crippen molar-refractivity contribution >= 4 is 11.9 Å². The number of rotatable bonds is 5. The Morgan fingerprint density at radius 1 is 1.38 bits per heavy atom. The van der Waals surface area contributed by atoms with Gasteiger partial charge in [-0.05, 0) is 12.1 Å². The van der Waals surface area contributed by atoms with E-state index >= 15 is 0 Å². The van der Waals surface area contributed by atoms with Gasteiger partial charge in [-0.15, -0.1) is 0 Å². The van der Waals surface area contributed by atoms with Crippen LogP contribution in [-0.2, 0) is 9.59 Å². The maximum atomic E-state index is 13.3. The Bertz CT molecular complexity index is 536. The number of carboxylic acids is 1. The van der Waals surface area contributed by atoms with Gasteiger partial charge in [0.15, 0.2) is 11.6 Å². The summed E-state index contributed by atoms with van der Waals surface area (Å²) in [6.45, 7) is -0.0613. The summed E-state index contributed by atoms with van der Waals surface area (Å²) in [5.41, 5.74) is 0. The third kappa shape index (κ3) is 3.69. The number of carboxylic acid groups (broad SMARTS) is 1. The Labute approximate surface area is 120 Å². The lowest BCUT2D eigenvalue weighted by atomic mass is 10.2. The van der Waals surface area contributed by atoms with Gasteiger partial charge < -0.3 is 19.8 Å². The Morgan fingerprint density at radius 2 is 2.10 bits per heavy atom. The van der Waals surface area contributed by atoms with Crippen molar-refractivity contribution in [3.63, 3.8) is 0 Å². The molecule has 2 atom stereocenters. The first-order valence-corrected chi connectivity index (χ1v) is 6.56. The minimum atomic E-state index is -1.14. The standard InChI is InChI=1S/C14H16FNO5/c15-10-3-1-2-4-12(10)21-6-5-13(18)16-8-9(17)7-11(16)14(19)20/h1-4,9,11,17H,5-8H2,(H,19,20)/t9-,11+/m1/s1. The van der Waals surface area contributed by atoms with E-state index in [0.717, 1.165) is 4.90 Å². The summed E-state index contributed by atoms with van der Waals surface area (Å²) in [5.74, 6) is -2.06. The zero-order valence-electron chi connectivity index (χ0n) is 11.2. The van der Waals surface area contributed by atoms with Gasteiger partial charge in [0.25, 0.3) is 0 Å². The number of amides is 1. The van der Waals surface area contributed by atoms with Crippen molar-refractivity contribution in [1.82, 2.24) is 4.90 Å². The number of para-hydroxylation sites is 1. The van der Waals surface area contributed by atoms with Crippen LogP contribution in [0, 0.1) is 5.82 Å². The number of ether oxygens (including phenoxy) is 1. The molecule has 0 aliphatic carbocycles. The molecule has 1 aliphatic heterocycles. The molecule has 1 aliphatic rings. The Hall–Kier alpha value is -2.15. The zero-order valence-corrected chi connectivity index (χ0v) is 11.2. The van der Waals surface area contributed by atoms with Crippen LogP contribution in [0.4, 0.5) is 4.39 Å². The van der Waals surface area contributed by atoms with Crippen LogP contribution in [0.15, 0.2) is 24.3 Å². The molecule has 1 heterocycles. The molecule has 2 N–H and O–H groups in total. The number of aliphatic hydroxyl groups is 1. The number of hydrogen-bond donors (Lipinski definition) is 2. The number of nitrogens with zero attached hydrogens (tertiary/aromatic N) is 1. The van der Waals surface area contributed by atoms with Crippen molar-refractivity contribution in [1.29, 1.82) is 0 Å². The highest BCUT2D eigenvalue weighted by atomic mass is 19.1. The smallest absolute Gasteiger partial charge is 0.326 e. The number of halogens is 1. The second kappa shape index (κ2) is 6.53. The zero-order chi connectivity index (χ0) is 15.4. The molecular formula is C14H16FNO5. The summed E-state index contributed by atoms with van der Waals surface area (Å²) in [6, 6.07) is 4.81. The fourth-order valence-corrected chi connectivity index (χ4v) is 2.28. The first kappa shape index (κ1) is 15.2. The van der Waals surface area contributed by atoms with Crippen LogP contribution in [0.3, 0.4) is 0 Å². The molecule has 1 aromatic carbocycles. The van der Waals surface area contributed by atoms with E-state index in [1.807, 2.05) is 0 Å². The largest absolute Gasteiger partial charge is 0.490 e. The lowest BCUT2D eigenvalue weighted by Gasteiger charge is -2.21. The van der Waals surface area contributed by atoms with E-state index in [4.69, 9.17) is 9.84 Å². The van der Waals surface area contributed by atoms with E-state index in [1.54, 1.807) is 6.07 Å². The van der Waals surface area contributed by atoms with Crippen LogP contribution in [0.5, 0.6) is 5.75 Å². The molecule has 1 aromatic rings. The molecular weight excluding hydrogens is 281 g/mol. The van der Waals surface area contributed by atoms with Crippen LogP contribution < -0.4 is 4.74 Å². The van der Waals surface area contributed by atoms with Crippen molar-refractivity contribution < 1.29 is 28.9 Å². The average Bonchev–Trinajstić information content (AvgIpc) is 2.83. The monoisotopic (exact) mass is 297 g/mol. The first-order chi connectivity index (χ1) is 9.99. The summed E-state index contributed by atoms with van der Waals surface area (Å²) in [5, 5.41) is 18.5. The summed E-state index contributed by atoms with van der Waals surface area (Å²) < 4.78 is 18.5. The third-order valence-electron chi connectivity index (χ3n) is 3.29. The van der Waals surface area contributed by atoms with Gasteiger partial charge in [0, 0.05) is 13.0 Å². The Kier molecular flexibility index (Phi) is 4.74. The van der Waals surface area contributed by atoms with Gasteiger partial charge in [-0.25, -0.2) is 9.18 Å². The van der Waals surface area contributed by atoms with E-state index in [1.165, 1.54) is 18.2 Å². The lowest BCUT2D eigenvalue weighted by Crippen LogP contribution is -2.41. The molecule has 1 amide bonds. The maximum Gasteiger partial charge on any atom is 0.326 e. The Morgan fingerprint density at radius 3 is 2.76 bits per heavy atom. The minimum absolute atomic E-state index is 0.00447. The highest BCUT2D eigenvalue weighted by Gasteiger charge is 2.38. The van der Waals surface area contributed by atoms with Gasteiger partial charge in [0.05, 0.1) is 19.1 Å². The van der Waals surface area contributed by atoms with Gasteiger partial charge in [0.2, 0.25) is 5.91 Å². The normalized spacial score (nSPS) is 21.3.